The molecule has 6 heteroatoms. The van der Waals surface area contributed by atoms with Crippen molar-refractivity contribution < 1.29 is 0 Å². The molecule has 2 heterocycles. The molecule has 2 rings (SSSR count). The standard InChI is InChI=1S/C15H28N6/c1-5-9-16-12-17-13(20-15(3,4)6-2)19-14(18-12)21-10-7-8-11-21/h5-11H2,1-4H3,(H2,16,17,18,19,20). The first-order valence-electron chi connectivity index (χ1n) is 8.07. The molecule has 1 aromatic heterocycles. The Labute approximate surface area is 127 Å². The Bertz CT molecular complexity index is 453. The average Bonchev–Trinajstić information content (AvgIpc) is 2.98. The zero-order valence-corrected chi connectivity index (χ0v) is 13.7. The second-order valence-corrected chi connectivity index (χ2v) is 6.27. The highest BCUT2D eigenvalue weighted by Crippen LogP contribution is 2.21. The zero-order valence-electron chi connectivity index (χ0n) is 13.7. The van der Waals surface area contributed by atoms with Gasteiger partial charge in [0.2, 0.25) is 17.8 Å². The second kappa shape index (κ2) is 6.91. The van der Waals surface area contributed by atoms with Gasteiger partial charge in [0, 0.05) is 25.2 Å². The van der Waals surface area contributed by atoms with E-state index in [1.54, 1.807) is 0 Å². The molecule has 0 saturated carbocycles. The highest BCUT2D eigenvalue weighted by atomic mass is 15.3. The Morgan fingerprint density at radius 1 is 1.05 bits per heavy atom. The van der Waals surface area contributed by atoms with Crippen molar-refractivity contribution >= 4 is 17.8 Å². The van der Waals surface area contributed by atoms with E-state index in [0.29, 0.717) is 11.9 Å². The molecule has 0 amide bonds. The summed E-state index contributed by atoms with van der Waals surface area (Å²) in [4.78, 5) is 15.9. The van der Waals surface area contributed by atoms with Crippen molar-refractivity contribution in [3.8, 4) is 0 Å². The third-order valence-electron chi connectivity index (χ3n) is 3.88. The normalized spacial score (nSPS) is 15.3. The molecule has 1 fully saturated rings. The predicted octanol–water partition coefficient (Wildman–Crippen LogP) is 2.89. The van der Waals surface area contributed by atoms with Crippen LogP contribution in [0.4, 0.5) is 17.8 Å². The SMILES string of the molecule is CCCNc1nc(NC(C)(C)CC)nc(N2CCCC2)n1. The molecule has 0 aliphatic carbocycles. The van der Waals surface area contributed by atoms with Crippen LogP contribution in [0.2, 0.25) is 0 Å². The van der Waals surface area contributed by atoms with Gasteiger partial charge in [-0.1, -0.05) is 13.8 Å². The molecular formula is C15H28N6. The predicted molar refractivity (Wildman–Crippen MR) is 88.0 cm³/mol. The number of hydrogen-bond acceptors (Lipinski definition) is 6. The van der Waals surface area contributed by atoms with Crippen LogP contribution in [0.1, 0.15) is 53.4 Å². The van der Waals surface area contributed by atoms with Crippen LogP contribution in [0.25, 0.3) is 0 Å². The third kappa shape index (κ3) is 4.44. The van der Waals surface area contributed by atoms with Gasteiger partial charge in [-0.05, 0) is 39.5 Å². The Balaban J connectivity index is 2.23. The number of anilines is 3. The first kappa shape index (κ1) is 15.8. The lowest BCUT2D eigenvalue weighted by atomic mass is 10.0. The lowest BCUT2D eigenvalue weighted by Gasteiger charge is -2.25. The number of nitrogens with zero attached hydrogens (tertiary/aromatic N) is 4. The average molecular weight is 292 g/mol. The summed E-state index contributed by atoms with van der Waals surface area (Å²) in [6.07, 6.45) is 4.49. The van der Waals surface area contributed by atoms with E-state index in [2.05, 4.69) is 58.2 Å². The van der Waals surface area contributed by atoms with Crippen LogP contribution >= 0.6 is 0 Å². The minimum Gasteiger partial charge on any atom is -0.354 e. The molecular weight excluding hydrogens is 264 g/mol. The third-order valence-corrected chi connectivity index (χ3v) is 3.88. The van der Waals surface area contributed by atoms with E-state index in [0.717, 1.165) is 38.4 Å². The van der Waals surface area contributed by atoms with E-state index in [4.69, 9.17) is 0 Å². The Morgan fingerprint density at radius 3 is 2.33 bits per heavy atom. The highest BCUT2D eigenvalue weighted by molar-refractivity contribution is 5.45. The molecule has 0 bridgehead atoms. The first-order valence-corrected chi connectivity index (χ1v) is 8.07. The fraction of sp³-hybridized carbons (Fsp3) is 0.800. The molecule has 0 radical (unpaired) electrons. The minimum atomic E-state index is -0.0222. The Kier molecular flexibility index (Phi) is 5.20. The molecule has 118 valence electrons. The van der Waals surface area contributed by atoms with E-state index < -0.39 is 0 Å². The number of hydrogen-bond donors (Lipinski definition) is 2. The second-order valence-electron chi connectivity index (χ2n) is 6.27. The van der Waals surface area contributed by atoms with Crippen molar-refractivity contribution in [2.75, 3.05) is 35.2 Å². The van der Waals surface area contributed by atoms with E-state index in [9.17, 15) is 0 Å². The van der Waals surface area contributed by atoms with Crippen molar-refractivity contribution in [3.05, 3.63) is 0 Å². The monoisotopic (exact) mass is 292 g/mol. The summed E-state index contributed by atoms with van der Waals surface area (Å²) >= 11 is 0. The smallest absolute Gasteiger partial charge is 0.231 e. The van der Waals surface area contributed by atoms with Gasteiger partial charge in [-0.3, -0.25) is 0 Å². The summed E-state index contributed by atoms with van der Waals surface area (Å²) < 4.78 is 0. The van der Waals surface area contributed by atoms with Crippen molar-refractivity contribution in [1.29, 1.82) is 0 Å². The van der Waals surface area contributed by atoms with Crippen LogP contribution in [-0.2, 0) is 0 Å². The number of nitrogens with one attached hydrogen (secondary N) is 2. The van der Waals surface area contributed by atoms with Gasteiger partial charge in [0.15, 0.2) is 0 Å². The van der Waals surface area contributed by atoms with Gasteiger partial charge in [-0.15, -0.1) is 0 Å². The topological polar surface area (TPSA) is 66.0 Å². The summed E-state index contributed by atoms with van der Waals surface area (Å²) in [5, 5.41) is 6.69. The quantitative estimate of drug-likeness (QED) is 0.805. The zero-order chi connectivity index (χ0) is 15.3. The molecule has 0 unspecified atom stereocenters. The van der Waals surface area contributed by atoms with Crippen LogP contribution in [0.3, 0.4) is 0 Å². The highest BCUT2D eigenvalue weighted by Gasteiger charge is 2.20. The van der Waals surface area contributed by atoms with Crippen LogP contribution < -0.4 is 15.5 Å². The lowest BCUT2D eigenvalue weighted by molar-refractivity contribution is 0.541. The summed E-state index contributed by atoms with van der Waals surface area (Å²) in [6.45, 7) is 11.6. The molecule has 2 N–H and O–H groups in total. The minimum absolute atomic E-state index is 0.0222. The van der Waals surface area contributed by atoms with Crippen molar-refractivity contribution in [3.63, 3.8) is 0 Å². The van der Waals surface area contributed by atoms with E-state index >= 15 is 0 Å². The Hall–Kier alpha value is -1.59. The molecule has 0 aromatic carbocycles. The van der Waals surface area contributed by atoms with Gasteiger partial charge in [0.25, 0.3) is 0 Å². The van der Waals surface area contributed by atoms with E-state index in [1.807, 2.05) is 0 Å². The van der Waals surface area contributed by atoms with Crippen LogP contribution in [0.5, 0.6) is 0 Å². The maximum atomic E-state index is 4.61. The first-order chi connectivity index (χ1) is 10.0. The summed E-state index contributed by atoms with van der Waals surface area (Å²) in [5.41, 5.74) is -0.0222. The van der Waals surface area contributed by atoms with Gasteiger partial charge in [0.1, 0.15) is 0 Å². The van der Waals surface area contributed by atoms with Crippen LogP contribution in [-0.4, -0.2) is 40.1 Å². The molecule has 0 spiro atoms. The maximum absolute atomic E-state index is 4.61. The van der Waals surface area contributed by atoms with Gasteiger partial charge in [-0.2, -0.15) is 15.0 Å². The molecule has 6 nitrogen and oxygen atoms in total. The molecule has 1 saturated heterocycles. The fourth-order valence-electron chi connectivity index (χ4n) is 2.19. The summed E-state index contributed by atoms with van der Waals surface area (Å²) in [6, 6.07) is 0. The number of rotatable bonds is 7. The van der Waals surface area contributed by atoms with Gasteiger partial charge >= 0.3 is 0 Å². The van der Waals surface area contributed by atoms with Gasteiger partial charge in [-0.25, -0.2) is 0 Å². The van der Waals surface area contributed by atoms with Crippen molar-refractivity contribution in [1.82, 2.24) is 15.0 Å². The van der Waals surface area contributed by atoms with Gasteiger partial charge < -0.3 is 15.5 Å². The Morgan fingerprint density at radius 2 is 1.71 bits per heavy atom. The maximum Gasteiger partial charge on any atom is 0.231 e. The molecule has 1 aliphatic heterocycles. The molecule has 21 heavy (non-hydrogen) atoms. The fourth-order valence-corrected chi connectivity index (χ4v) is 2.19. The lowest BCUT2D eigenvalue weighted by Crippen LogP contribution is -2.31. The van der Waals surface area contributed by atoms with E-state index in [1.165, 1.54) is 12.8 Å². The molecule has 1 aliphatic rings. The van der Waals surface area contributed by atoms with Crippen molar-refractivity contribution in [2.45, 2.75) is 58.9 Å². The van der Waals surface area contributed by atoms with E-state index in [-0.39, 0.29) is 5.54 Å². The summed E-state index contributed by atoms with van der Waals surface area (Å²) in [7, 11) is 0. The molecule has 1 aromatic rings. The largest absolute Gasteiger partial charge is 0.354 e. The van der Waals surface area contributed by atoms with Crippen molar-refractivity contribution in [2.24, 2.45) is 0 Å². The van der Waals surface area contributed by atoms with Crippen LogP contribution in [0.15, 0.2) is 0 Å². The number of aromatic nitrogens is 3. The summed E-state index contributed by atoms with van der Waals surface area (Å²) in [5.74, 6) is 2.12. The van der Waals surface area contributed by atoms with Gasteiger partial charge in [0.05, 0.1) is 0 Å². The van der Waals surface area contributed by atoms with Crippen LogP contribution in [0, 0.1) is 0 Å². The molecule has 0 atom stereocenters.